The van der Waals surface area contributed by atoms with Gasteiger partial charge in [0.1, 0.15) is 11.5 Å². The number of methoxy groups -OCH3 is 1. The number of ether oxygens (including phenoxy) is 3. The monoisotopic (exact) mass is 687 g/mol. The fourth-order valence-electron chi connectivity index (χ4n) is 6.35. The lowest BCUT2D eigenvalue weighted by atomic mass is 9.88. The molecule has 1 fully saturated rings. The van der Waals surface area contributed by atoms with Crippen LogP contribution in [0.1, 0.15) is 82.5 Å². The smallest absolute Gasteiger partial charge is 0.258 e. The van der Waals surface area contributed by atoms with Crippen molar-refractivity contribution in [3.8, 4) is 11.5 Å². The minimum Gasteiger partial charge on any atom is -0.497 e. The van der Waals surface area contributed by atoms with E-state index in [1.165, 1.54) is 30.6 Å². The first-order chi connectivity index (χ1) is 22.9. The number of likely N-dealkylation sites (N-methyl/N-ethyl adjacent to an activating group) is 1. The van der Waals surface area contributed by atoms with Crippen LogP contribution in [0, 0.1) is 11.8 Å². The first-order valence-corrected chi connectivity index (χ1v) is 18.6. The molecule has 0 unspecified atom stereocenters. The van der Waals surface area contributed by atoms with Crippen LogP contribution >= 0.6 is 0 Å². The van der Waals surface area contributed by atoms with Gasteiger partial charge in [0.2, 0.25) is 15.9 Å². The van der Waals surface area contributed by atoms with Crippen molar-refractivity contribution in [1.29, 1.82) is 0 Å². The van der Waals surface area contributed by atoms with Crippen LogP contribution in [-0.4, -0.2) is 93.3 Å². The van der Waals surface area contributed by atoms with Crippen LogP contribution in [0.5, 0.6) is 11.5 Å². The summed E-state index contributed by atoms with van der Waals surface area (Å²) in [4.78, 5) is 29.2. The van der Waals surface area contributed by atoms with E-state index in [1.54, 1.807) is 42.2 Å². The molecule has 0 radical (unpaired) electrons. The van der Waals surface area contributed by atoms with Crippen molar-refractivity contribution in [2.45, 2.75) is 95.3 Å². The van der Waals surface area contributed by atoms with E-state index in [4.69, 9.17) is 14.2 Å². The van der Waals surface area contributed by atoms with Crippen LogP contribution in [0.15, 0.2) is 47.4 Å². The van der Waals surface area contributed by atoms with Crippen LogP contribution in [0.3, 0.4) is 0 Å². The SMILES string of the molecule is COc1ccc(S(=O)(=O)N(C)C[C@@H]2OCCCC[C@H](C)Oc3ccc(NC(=O)C4CCCCC4)cc3C(=O)N([C@H](C)CO)C[C@H]2C)cc1. The molecule has 4 atom stereocenters. The number of benzene rings is 2. The Morgan fingerprint density at radius 2 is 1.75 bits per heavy atom. The molecule has 0 saturated heterocycles. The van der Waals surface area contributed by atoms with E-state index in [-0.39, 0.29) is 54.3 Å². The zero-order valence-electron chi connectivity index (χ0n) is 29.0. The van der Waals surface area contributed by atoms with Gasteiger partial charge in [-0.3, -0.25) is 9.59 Å². The number of carbonyl (C=O) groups excluding carboxylic acids is 2. The Bertz CT molecular complexity index is 1460. The molecule has 12 heteroatoms. The third kappa shape index (κ3) is 9.71. The molecule has 11 nitrogen and oxygen atoms in total. The van der Waals surface area contributed by atoms with Crippen LogP contribution in [0.25, 0.3) is 0 Å². The van der Waals surface area contributed by atoms with E-state index in [9.17, 15) is 23.1 Å². The molecule has 1 aliphatic carbocycles. The summed E-state index contributed by atoms with van der Waals surface area (Å²) in [6.45, 7) is 6.05. The molecule has 48 heavy (non-hydrogen) atoms. The highest BCUT2D eigenvalue weighted by atomic mass is 32.2. The summed E-state index contributed by atoms with van der Waals surface area (Å²) in [7, 11) is -0.788. The second kappa shape index (κ2) is 17.5. The van der Waals surface area contributed by atoms with Crippen molar-refractivity contribution in [2.75, 3.05) is 45.8 Å². The highest BCUT2D eigenvalue weighted by molar-refractivity contribution is 7.89. The molecule has 1 aliphatic heterocycles. The molecule has 2 aromatic rings. The average Bonchev–Trinajstić information content (AvgIpc) is 3.09. The summed E-state index contributed by atoms with van der Waals surface area (Å²) < 4.78 is 46.1. The number of aliphatic hydroxyl groups excluding tert-OH is 1. The standard InChI is InChI=1S/C36H53N3O8S/c1-25-22-39(26(2)24-40)36(42)32-21-29(37-35(41)28-12-7-6-8-13-28)14-19-33(32)47-27(3)11-9-10-20-46-34(25)23-38(4)48(43,44)31-17-15-30(45-5)16-18-31/h14-19,21,25-28,34,40H,6-13,20,22-24H2,1-5H3,(H,37,41)/t25-,26-,27+,34+/m1/s1. The molecular formula is C36H53N3O8S. The van der Waals surface area contributed by atoms with Gasteiger partial charge in [0.25, 0.3) is 5.91 Å². The van der Waals surface area contributed by atoms with Gasteiger partial charge in [0, 0.05) is 44.3 Å². The number of anilines is 1. The van der Waals surface area contributed by atoms with E-state index >= 15 is 0 Å². The van der Waals surface area contributed by atoms with Crippen LogP contribution in [-0.2, 0) is 19.6 Å². The first kappa shape index (κ1) is 37.6. The fourth-order valence-corrected chi connectivity index (χ4v) is 7.53. The number of nitrogens with one attached hydrogen (secondary N) is 1. The second-order valence-electron chi connectivity index (χ2n) is 13.3. The Balaban J connectivity index is 1.62. The predicted octanol–water partition coefficient (Wildman–Crippen LogP) is 5.33. The van der Waals surface area contributed by atoms with Crippen molar-refractivity contribution in [3.05, 3.63) is 48.0 Å². The predicted molar refractivity (Wildman–Crippen MR) is 185 cm³/mol. The quantitative estimate of drug-likeness (QED) is 0.362. The minimum atomic E-state index is -3.84. The largest absolute Gasteiger partial charge is 0.497 e. The summed E-state index contributed by atoms with van der Waals surface area (Å²) in [6, 6.07) is 10.9. The van der Waals surface area contributed by atoms with Crippen molar-refractivity contribution in [1.82, 2.24) is 9.21 Å². The molecule has 1 heterocycles. The van der Waals surface area contributed by atoms with Gasteiger partial charge < -0.3 is 29.5 Å². The van der Waals surface area contributed by atoms with E-state index in [0.29, 0.717) is 29.4 Å². The lowest BCUT2D eigenvalue weighted by Gasteiger charge is -2.35. The minimum absolute atomic E-state index is 0.0415. The zero-order chi connectivity index (χ0) is 34.8. The number of hydrogen-bond donors (Lipinski definition) is 2. The Morgan fingerprint density at radius 1 is 1.06 bits per heavy atom. The van der Waals surface area contributed by atoms with Crippen molar-refractivity contribution in [3.63, 3.8) is 0 Å². The van der Waals surface area contributed by atoms with E-state index < -0.39 is 22.2 Å². The third-order valence-corrected chi connectivity index (χ3v) is 11.3. The number of sulfonamides is 1. The highest BCUT2D eigenvalue weighted by Crippen LogP contribution is 2.30. The Hall–Kier alpha value is -3.19. The summed E-state index contributed by atoms with van der Waals surface area (Å²) in [6.07, 6.45) is 6.48. The number of hydrogen-bond acceptors (Lipinski definition) is 8. The first-order valence-electron chi connectivity index (χ1n) is 17.2. The molecule has 0 spiro atoms. The van der Waals surface area contributed by atoms with Gasteiger partial charge in [-0.1, -0.05) is 26.2 Å². The number of fused-ring (bicyclic) bond motifs is 1. The maximum atomic E-state index is 14.4. The number of carbonyl (C=O) groups is 2. The molecule has 0 aromatic heterocycles. The molecule has 0 bridgehead atoms. The lowest BCUT2D eigenvalue weighted by molar-refractivity contribution is -0.120. The third-order valence-electron chi connectivity index (χ3n) is 9.50. The molecule has 2 N–H and O–H groups in total. The number of amides is 2. The van der Waals surface area contributed by atoms with Crippen LogP contribution < -0.4 is 14.8 Å². The fraction of sp³-hybridized carbons (Fsp3) is 0.611. The van der Waals surface area contributed by atoms with Crippen molar-refractivity contribution >= 4 is 27.5 Å². The van der Waals surface area contributed by atoms with Crippen LogP contribution in [0.4, 0.5) is 5.69 Å². The van der Waals surface area contributed by atoms with Gasteiger partial charge in [-0.05, 0) is 88.4 Å². The molecule has 2 aliphatic rings. The maximum absolute atomic E-state index is 14.4. The van der Waals surface area contributed by atoms with E-state index in [0.717, 1.165) is 51.4 Å². The molecular weight excluding hydrogens is 634 g/mol. The van der Waals surface area contributed by atoms with E-state index in [2.05, 4.69) is 5.32 Å². The van der Waals surface area contributed by atoms with Gasteiger partial charge in [0.15, 0.2) is 0 Å². The normalized spacial score (nSPS) is 22.7. The molecule has 266 valence electrons. The van der Waals surface area contributed by atoms with Gasteiger partial charge in [0.05, 0.1) is 42.4 Å². The topological polar surface area (TPSA) is 135 Å². The molecule has 4 rings (SSSR count). The van der Waals surface area contributed by atoms with E-state index in [1.807, 2.05) is 13.8 Å². The van der Waals surface area contributed by atoms with Crippen molar-refractivity contribution in [2.24, 2.45) is 11.8 Å². The van der Waals surface area contributed by atoms with Gasteiger partial charge >= 0.3 is 0 Å². The summed E-state index contributed by atoms with van der Waals surface area (Å²) in [5.74, 6) is 0.227. The number of rotatable bonds is 9. The van der Waals surface area contributed by atoms with Gasteiger partial charge in [-0.2, -0.15) is 4.31 Å². The molecule has 1 saturated carbocycles. The van der Waals surface area contributed by atoms with Gasteiger partial charge in [-0.15, -0.1) is 0 Å². The second-order valence-corrected chi connectivity index (χ2v) is 15.3. The van der Waals surface area contributed by atoms with Gasteiger partial charge in [-0.25, -0.2) is 8.42 Å². The maximum Gasteiger partial charge on any atom is 0.258 e. The number of aliphatic hydroxyl groups is 1. The Kier molecular flexibility index (Phi) is 13.7. The number of nitrogens with zero attached hydrogens (tertiary/aromatic N) is 2. The molecule has 2 amide bonds. The lowest BCUT2D eigenvalue weighted by Crippen LogP contribution is -2.48. The average molecular weight is 688 g/mol. The Morgan fingerprint density at radius 3 is 2.42 bits per heavy atom. The molecule has 2 aromatic carbocycles. The Labute approximate surface area is 286 Å². The summed E-state index contributed by atoms with van der Waals surface area (Å²) in [5, 5.41) is 13.3. The highest BCUT2D eigenvalue weighted by Gasteiger charge is 2.33. The summed E-state index contributed by atoms with van der Waals surface area (Å²) in [5.41, 5.74) is 0.816. The zero-order valence-corrected chi connectivity index (χ0v) is 29.8. The van der Waals surface area contributed by atoms with Crippen LogP contribution in [0.2, 0.25) is 0 Å². The summed E-state index contributed by atoms with van der Waals surface area (Å²) >= 11 is 0. The van der Waals surface area contributed by atoms with Crippen molar-refractivity contribution < 1.29 is 37.3 Å².